The number of unbranched alkanes of at least 4 members (excludes halogenated alkanes) is 1. The lowest BCUT2D eigenvalue weighted by Gasteiger charge is -2.13. The van der Waals surface area contributed by atoms with Gasteiger partial charge in [0.2, 0.25) is 0 Å². The van der Waals surface area contributed by atoms with Crippen LogP contribution >= 0.6 is 0 Å². The van der Waals surface area contributed by atoms with Gasteiger partial charge in [-0.3, -0.25) is 0 Å². The second-order valence-corrected chi connectivity index (χ2v) is 4.29. The van der Waals surface area contributed by atoms with Crippen LogP contribution < -0.4 is 14.8 Å². The smallest absolute Gasteiger partial charge is 0.161 e. The molecule has 0 aromatic heterocycles. The van der Waals surface area contributed by atoms with Crippen molar-refractivity contribution in [1.29, 1.82) is 0 Å². The molecule has 0 heterocycles. The zero-order chi connectivity index (χ0) is 13.9. The first-order valence-electron chi connectivity index (χ1n) is 6.83. The molecule has 0 aliphatic carbocycles. The van der Waals surface area contributed by atoms with Gasteiger partial charge in [0.15, 0.2) is 11.5 Å². The summed E-state index contributed by atoms with van der Waals surface area (Å²) in [6, 6.07) is 6.07. The van der Waals surface area contributed by atoms with E-state index in [0.29, 0.717) is 13.2 Å². The Labute approximate surface area is 116 Å². The van der Waals surface area contributed by atoms with Gasteiger partial charge in [-0.05, 0) is 44.5 Å². The van der Waals surface area contributed by atoms with E-state index in [0.717, 1.165) is 37.5 Å². The van der Waals surface area contributed by atoms with Crippen LogP contribution in [-0.2, 0) is 11.3 Å². The molecule has 0 atom stereocenters. The first-order chi connectivity index (χ1) is 9.31. The summed E-state index contributed by atoms with van der Waals surface area (Å²) in [7, 11) is 3.65. The molecule has 4 nitrogen and oxygen atoms in total. The number of hydrogen-bond acceptors (Lipinski definition) is 4. The summed E-state index contributed by atoms with van der Waals surface area (Å²) in [6.45, 7) is 4.92. The molecule has 1 aromatic carbocycles. The Balaban J connectivity index is 2.54. The first kappa shape index (κ1) is 15.8. The van der Waals surface area contributed by atoms with Gasteiger partial charge in [-0.2, -0.15) is 0 Å². The summed E-state index contributed by atoms with van der Waals surface area (Å²) < 4.78 is 16.4. The Morgan fingerprint density at radius 1 is 1.05 bits per heavy atom. The van der Waals surface area contributed by atoms with Crippen molar-refractivity contribution in [2.45, 2.75) is 26.3 Å². The molecule has 1 aromatic rings. The van der Waals surface area contributed by atoms with Crippen LogP contribution in [0.15, 0.2) is 18.2 Å². The molecule has 0 spiro atoms. The lowest BCUT2D eigenvalue weighted by atomic mass is 10.2. The monoisotopic (exact) mass is 267 g/mol. The van der Waals surface area contributed by atoms with E-state index in [2.05, 4.69) is 11.4 Å². The van der Waals surface area contributed by atoms with Crippen LogP contribution in [0.4, 0.5) is 0 Å². The van der Waals surface area contributed by atoms with Crippen LogP contribution in [0.2, 0.25) is 0 Å². The summed E-state index contributed by atoms with van der Waals surface area (Å²) in [5.74, 6) is 1.64. The Morgan fingerprint density at radius 2 is 1.84 bits per heavy atom. The van der Waals surface area contributed by atoms with Crippen LogP contribution in [0.5, 0.6) is 11.5 Å². The van der Waals surface area contributed by atoms with Crippen LogP contribution in [0.1, 0.15) is 25.3 Å². The quantitative estimate of drug-likeness (QED) is 0.661. The number of ether oxygens (including phenoxy) is 3. The highest BCUT2D eigenvalue weighted by atomic mass is 16.5. The SMILES string of the molecule is CCOc1cc(CNC)ccc1OCCCCOC. The van der Waals surface area contributed by atoms with Gasteiger partial charge in [0.1, 0.15) is 0 Å². The third-order valence-corrected chi connectivity index (χ3v) is 2.69. The van der Waals surface area contributed by atoms with E-state index in [1.165, 1.54) is 5.56 Å². The number of rotatable bonds is 10. The minimum Gasteiger partial charge on any atom is -0.490 e. The standard InChI is InChI=1S/C15H25NO3/c1-4-18-15-11-13(12-16-2)7-8-14(15)19-10-6-5-9-17-3/h7-8,11,16H,4-6,9-10,12H2,1-3H3. The maximum atomic E-state index is 5.77. The molecule has 108 valence electrons. The van der Waals surface area contributed by atoms with Gasteiger partial charge in [-0.25, -0.2) is 0 Å². The Morgan fingerprint density at radius 3 is 2.53 bits per heavy atom. The summed E-state index contributed by atoms with van der Waals surface area (Å²) in [5.41, 5.74) is 1.19. The molecule has 0 aliphatic heterocycles. The second kappa shape index (κ2) is 9.64. The topological polar surface area (TPSA) is 39.7 Å². The molecule has 19 heavy (non-hydrogen) atoms. The number of methoxy groups -OCH3 is 1. The fourth-order valence-electron chi connectivity index (χ4n) is 1.78. The zero-order valence-corrected chi connectivity index (χ0v) is 12.2. The minimum atomic E-state index is 0.642. The molecule has 0 bridgehead atoms. The molecule has 0 unspecified atom stereocenters. The summed E-state index contributed by atoms with van der Waals surface area (Å²) in [6.07, 6.45) is 2.00. The number of benzene rings is 1. The predicted molar refractivity (Wildman–Crippen MR) is 77.0 cm³/mol. The van der Waals surface area contributed by atoms with Crippen molar-refractivity contribution in [2.24, 2.45) is 0 Å². The van der Waals surface area contributed by atoms with Gasteiger partial charge in [-0.1, -0.05) is 6.07 Å². The van der Waals surface area contributed by atoms with Crippen molar-refractivity contribution < 1.29 is 14.2 Å². The summed E-state index contributed by atoms with van der Waals surface area (Å²) >= 11 is 0. The lowest BCUT2D eigenvalue weighted by molar-refractivity contribution is 0.183. The fraction of sp³-hybridized carbons (Fsp3) is 0.600. The Hall–Kier alpha value is -1.26. The molecule has 0 saturated carbocycles. The van der Waals surface area contributed by atoms with Crippen molar-refractivity contribution in [2.75, 3.05) is 34.0 Å². The van der Waals surface area contributed by atoms with E-state index in [1.54, 1.807) is 7.11 Å². The van der Waals surface area contributed by atoms with Crippen molar-refractivity contribution in [3.05, 3.63) is 23.8 Å². The molecular weight excluding hydrogens is 242 g/mol. The van der Waals surface area contributed by atoms with Crippen molar-refractivity contribution in [3.8, 4) is 11.5 Å². The highest BCUT2D eigenvalue weighted by molar-refractivity contribution is 5.43. The van der Waals surface area contributed by atoms with Crippen LogP contribution in [0.25, 0.3) is 0 Å². The molecule has 0 fully saturated rings. The van der Waals surface area contributed by atoms with Crippen molar-refractivity contribution >= 4 is 0 Å². The normalized spacial score (nSPS) is 10.5. The van der Waals surface area contributed by atoms with E-state index in [-0.39, 0.29) is 0 Å². The molecular formula is C15H25NO3. The van der Waals surface area contributed by atoms with Gasteiger partial charge in [-0.15, -0.1) is 0 Å². The molecule has 0 saturated heterocycles. The third-order valence-electron chi connectivity index (χ3n) is 2.69. The molecule has 1 rings (SSSR count). The molecule has 4 heteroatoms. The van der Waals surface area contributed by atoms with Crippen LogP contribution in [0.3, 0.4) is 0 Å². The third kappa shape index (κ3) is 5.94. The second-order valence-electron chi connectivity index (χ2n) is 4.29. The molecule has 0 aliphatic rings. The van der Waals surface area contributed by atoms with Crippen LogP contribution in [-0.4, -0.2) is 34.0 Å². The van der Waals surface area contributed by atoms with Gasteiger partial charge >= 0.3 is 0 Å². The van der Waals surface area contributed by atoms with Gasteiger partial charge in [0, 0.05) is 20.3 Å². The highest BCUT2D eigenvalue weighted by Crippen LogP contribution is 2.28. The molecule has 0 radical (unpaired) electrons. The first-order valence-corrected chi connectivity index (χ1v) is 6.83. The summed E-state index contributed by atoms with van der Waals surface area (Å²) in [4.78, 5) is 0. The van der Waals surface area contributed by atoms with Gasteiger partial charge in [0.05, 0.1) is 13.2 Å². The Bertz CT molecular complexity index is 355. The number of hydrogen-bond donors (Lipinski definition) is 1. The number of nitrogens with one attached hydrogen (secondary N) is 1. The maximum Gasteiger partial charge on any atom is 0.161 e. The summed E-state index contributed by atoms with van der Waals surface area (Å²) in [5, 5.41) is 3.13. The predicted octanol–water partition coefficient (Wildman–Crippen LogP) is 2.61. The maximum absolute atomic E-state index is 5.77. The van der Waals surface area contributed by atoms with Crippen molar-refractivity contribution in [1.82, 2.24) is 5.32 Å². The van der Waals surface area contributed by atoms with Crippen molar-refractivity contribution in [3.63, 3.8) is 0 Å². The zero-order valence-electron chi connectivity index (χ0n) is 12.2. The van der Waals surface area contributed by atoms with Gasteiger partial charge < -0.3 is 19.5 Å². The molecule has 0 amide bonds. The average Bonchev–Trinajstić information content (AvgIpc) is 2.41. The average molecular weight is 267 g/mol. The van der Waals surface area contributed by atoms with E-state index >= 15 is 0 Å². The minimum absolute atomic E-state index is 0.642. The largest absolute Gasteiger partial charge is 0.490 e. The Kier molecular flexibility index (Phi) is 8.02. The molecule has 1 N–H and O–H groups in total. The van der Waals surface area contributed by atoms with E-state index < -0.39 is 0 Å². The van der Waals surface area contributed by atoms with E-state index in [1.807, 2.05) is 26.1 Å². The van der Waals surface area contributed by atoms with Crippen LogP contribution in [0, 0.1) is 0 Å². The highest BCUT2D eigenvalue weighted by Gasteiger charge is 2.06. The van der Waals surface area contributed by atoms with E-state index in [4.69, 9.17) is 14.2 Å². The van der Waals surface area contributed by atoms with Gasteiger partial charge in [0.25, 0.3) is 0 Å². The van der Waals surface area contributed by atoms with E-state index in [9.17, 15) is 0 Å². The lowest BCUT2D eigenvalue weighted by Crippen LogP contribution is -2.06. The fourth-order valence-corrected chi connectivity index (χ4v) is 1.78.